The molecule has 0 bridgehead atoms. The van der Waals surface area contributed by atoms with Crippen molar-refractivity contribution in [3.8, 4) is 11.8 Å². The number of amides is 1. The molecule has 1 atom stereocenters. The molecule has 0 fully saturated rings. The van der Waals surface area contributed by atoms with Crippen molar-refractivity contribution < 1.29 is 4.79 Å². The topological polar surface area (TPSA) is 55.1 Å². The Morgan fingerprint density at radius 1 is 1.40 bits per heavy atom. The highest BCUT2D eigenvalue weighted by molar-refractivity contribution is 5.96. The lowest BCUT2D eigenvalue weighted by molar-refractivity contribution is 0.0909. The van der Waals surface area contributed by atoms with E-state index in [1.54, 1.807) is 0 Å². The fourth-order valence-electron chi connectivity index (χ4n) is 1.65. The standard InChI is InChI=1S/C17H24N2O/c1-12-14(9-7-11-18)8-6-10-15(12)16(20)19-13(2)17(3,4)5/h6,8,10,13H,11,18H2,1-5H3,(H,19,20). The summed E-state index contributed by atoms with van der Waals surface area (Å²) in [7, 11) is 0. The second-order valence-electron chi connectivity index (χ2n) is 6.05. The van der Waals surface area contributed by atoms with Crippen molar-refractivity contribution in [3.63, 3.8) is 0 Å². The van der Waals surface area contributed by atoms with Crippen LogP contribution in [-0.4, -0.2) is 18.5 Å². The highest BCUT2D eigenvalue weighted by Gasteiger charge is 2.22. The minimum absolute atomic E-state index is 0.0283. The van der Waals surface area contributed by atoms with Gasteiger partial charge in [-0.25, -0.2) is 0 Å². The Hall–Kier alpha value is -1.79. The molecule has 0 aliphatic heterocycles. The summed E-state index contributed by atoms with van der Waals surface area (Å²) in [6.45, 7) is 10.6. The summed E-state index contributed by atoms with van der Waals surface area (Å²) in [6, 6.07) is 5.67. The van der Waals surface area contributed by atoms with Crippen LogP contribution in [0.4, 0.5) is 0 Å². The molecule has 0 aliphatic carbocycles. The molecule has 0 saturated heterocycles. The molecule has 1 rings (SSSR count). The lowest BCUT2D eigenvalue weighted by atomic mass is 9.88. The van der Waals surface area contributed by atoms with Crippen LogP contribution in [0.5, 0.6) is 0 Å². The van der Waals surface area contributed by atoms with E-state index in [9.17, 15) is 4.79 Å². The van der Waals surface area contributed by atoms with Gasteiger partial charge in [0, 0.05) is 17.2 Å². The van der Waals surface area contributed by atoms with Gasteiger partial charge in [-0.3, -0.25) is 4.79 Å². The summed E-state index contributed by atoms with van der Waals surface area (Å²) in [5, 5.41) is 3.05. The third-order valence-electron chi connectivity index (χ3n) is 3.55. The van der Waals surface area contributed by atoms with Crippen molar-refractivity contribution in [2.45, 2.75) is 40.7 Å². The first-order valence-electron chi connectivity index (χ1n) is 6.86. The maximum atomic E-state index is 12.4. The van der Waals surface area contributed by atoms with E-state index >= 15 is 0 Å². The van der Waals surface area contributed by atoms with E-state index in [1.807, 2.05) is 32.0 Å². The molecule has 0 heterocycles. The zero-order chi connectivity index (χ0) is 15.3. The molecule has 1 amide bonds. The van der Waals surface area contributed by atoms with Gasteiger partial charge in [0.1, 0.15) is 0 Å². The summed E-state index contributed by atoms with van der Waals surface area (Å²) in [6.07, 6.45) is 0. The predicted octanol–water partition coefficient (Wildman–Crippen LogP) is 2.47. The second kappa shape index (κ2) is 6.58. The van der Waals surface area contributed by atoms with Gasteiger partial charge in [0.15, 0.2) is 0 Å². The maximum Gasteiger partial charge on any atom is 0.251 e. The lowest BCUT2D eigenvalue weighted by Crippen LogP contribution is -2.41. The normalized spacial score (nSPS) is 12.3. The number of nitrogens with one attached hydrogen (secondary N) is 1. The lowest BCUT2D eigenvalue weighted by Gasteiger charge is -2.28. The molecule has 20 heavy (non-hydrogen) atoms. The zero-order valence-electron chi connectivity index (χ0n) is 13.0. The number of benzene rings is 1. The average Bonchev–Trinajstić information content (AvgIpc) is 2.36. The minimum atomic E-state index is -0.0543. The van der Waals surface area contributed by atoms with E-state index in [0.29, 0.717) is 12.1 Å². The SMILES string of the molecule is Cc1c(C#CCN)cccc1C(=O)NC(C)C(C)(C)C. The summed E-state index contributed by atoms with van der Waals surface area (Å²) in [4.78, 5) is 12.4. The van der Waals surface area contributed by atoms with Crippen molar-refractivity contribution >= 4 is 5.91 Å². The zero-order valence-corrected chi connectivity index (χ0v) is 13.0. The van der Waals surface area contributed by atoms with E-state index in [1.165, 1.54) is 0 Å². The van der Waals surface area contributed by atoms with E-state index in [-0.39, 0.29) is 17.4 Å². The molecule has 1 aromatic rings. The van der Waals surface area contributed by atoms with Gasteiger partial charge in [0.2, 0.25) is 0 Å². The molecular weight excluding hydrogens is 248 g/mol. The number of hydrogen-bond acceptors (Lipinski definition) is 2. The molecule has 108 valence electrons. The molecule has 1 aromatic carbocycles. The summed E-state index contributed by atoms with van der Waals surface area (Å²) >= 11 is 0. The molecule has 3 heteroatoms. The molecule has 3 nitrogen and oxygen atoms in total. The molecule has 0 saturated carbocycles. The van der Waals surface area contributed by atoms with Gasteiger partial charge in [-0.15, -0.1) is 0 Å². The van der Waals surface area contributed by atoms with Crippen LogP contribution < -0.4 is 11.1 Å². The highest BCUT2D eigenvalue weighted by atomic mass is 16.1. The Labute approximate surface area is 121 Å². The quantitative estimate of drug-likeness (QED) is 0.813. The largest absolute Gasteiger partial charge is 0.349 e. The molecule has 0 radical (unpaired) electrons. The molecule has 3 N–H and O–H groups in total. The third kappa shape index (κ3) is 4.11. The Bertz CT molecular complexity index is 544. The maximum absolute atomic E-state index is 12.4. The van der Waals surface area contributed by atoms with Crippen LogP contribution in [0.3, 0.4) is 0 Å². The van der Waals surface area contributed by atoms with Gasteiger partial charge < -0.3 is 11.1 Å². The number of carbonyl (C=O) groups excluding carboxylic acids is 1. The number of carbonyl (C=O) groups is 1. The fraction of sp³-hybridized carbons (Fsp3) is 0.471. The van der Waals surface area contributed by atoms with Crippen LogP contribution in [0.25, 0.3) is 0 Å². The molecular formula is C17H24N2O. The molecule has 0 aliphatic rings. The van der Waals surface area contributed by atoms with Crippen LogP contribution >= 0.6 is 0 Å². The Balaban J connectivity index is 3.00. The molecule has 0 spiro atoms. The smallest absolute Gasteiger partial charge is 0.251 e. The van der Waals surface area contributed by atoms with Crippen molar-refractivity contribution in [2.75, 3.05) is 6.54 Å². The minimum Gasteiger partial charge on any atom is -0.349 e. The van der Waals surface area contributed by atoms with Gasteiger partial charge >= 0.3 is 0 Å². The highest BCUT2D eigenvalue weighted by Crippen LogP contribution is 2.20. The van der Waals surface area contributed by atoms with E-state index in [2.05, 4.69) is 37.9 Å². The Kier molecular flexibility index (Phi) is 5.35. The van der Waals surface area contributed by atoms with E-state index in [0.717, 1.165) is 11.1 Å². The summed E-state index contributed by atoms with van der Waals surface area (Å²) in [5.41, 5.74) is 7.83. The Morgan fingerprint density at radius 2 is 2.05 bits per heavy atom. The predicted molar refractivity (Wildman–Crippen MR) is 83.5 cm³/mol. The first-order chi connectivity index (χ1) is 9.27. The summed E-state index contributed by atoms with van der Waals surface area (Å²) < 4.78 is 0. The van der Waals surface area contributed by atoms with Crippen molar-refractivity contribution in [2.24, 2.45) is 11.1 Å². The van der Waals surface area contributed by atoms with Crippen molar-refractivity contribution in [1.82, 2.24) is 5.32 Å². The third-order valence-corrected chi connectivity index (χ3v) is 3.55. The number of hydrogen-bond donors (Lipinski definition) is 2. The van der Waals surface area contributed by atoms with E-state index < -0.39 is 0 Å². The average molecular weight is 272 g/mol. The van der Waals surface area contributed by atoms with Gasteiger partial charge in [0.25, 0.3) is 5.91 Å². The molecule has 1 unspecified atom stereocenters. The van der Waals surface area contributed by atoms with Crippen LogP contribution in [-0.2, 0) is 0 Å². The first kappa shape index (κ1) is 16.3. The monoisotopic (exact) mass is 272 g/mol. The van der Waals surface area contributed by atoms with Crippen molar-refractivity contribution in [3.05, 3.63) is 34.9 Å². The fourth-order valence-corrected chi connectivity index (χ4v) is 1.65. The van der Waals surface area contributed by atoms with Crippen molar-refractivity contribution in [1.29, 1.82) is 0 Å². The van der Waals surface area contributed by atoms with Gasteiger partial charge in [0.05, 0.1) is 6.54 Å². The van der Waals surface area contributed by atoms with Crippen LogP contribution in [0.2, 0.25) is 0 Å². The van der Waals surface area contributed by atoms with Crippen LogP contribution in [0, 0.1) is 24.2 Å². The van der Waals surface area contributed by atoms with Gasteiger partial charge in [-0.2, -0.15) is 0 Å². The first-order valence-corrected chi connectivity index (χ1v) is 6.86. The van der Waals surface area contributed by atoms with Gasteiger partial charge in [-0.05, 0) is 37.0 Å². The Morgan fingerprint density at radius 3 is 2.60 bits per heavy atom. The summed E-state index contributed by atoms with van der Waals surface area (Å²) in [5.74, 6) is 5.76. The van der Waals surface area contributed by atoms with Crippen LogP contribution in [0.1, 0.15) is 49.2 Å². The number of rotatable bonds is 2. The second-order valence-corrected chi connectivity index (χ2v) is 6.05. The van der Waals surface area contributed by atoms with Gasteiger partial charge in [-0.1, -0.05) is 38.7 Å². The molecule has 0 aromatic heterocycles. The van der Waals surface area contributed by atoms with E-state index in [4.69, 9.17) is 5.73 Å². The number of nitrogens with two attached hydrogens (primary N) is 1. The van der Waals surface area contributed by atoms with Crippen LogP contribution in [0.15, 0.2) is 18.2 Å².